The number of aliphatic hydroxyl groups is 2. The van der Waals surface area contributed by atoms with Crippen molar-refractivity contribution in [1.29, 1.82) is 0 Å². The number of ether oxygens (including phenoxy) is 6. The number of carbonyl (C=O) groups is 5. The Morgan fingerprint density at radius 2 is 1.50 bits per heavy atom. The number of anilines is 2. The van der Waals surface area contributed by atoms with Gasteiger partial charge in [0.15, 0.2) is 6.10 Å². The molecule has 2 aromatic rings. The number of amides is 1. The maximum absolute atomic E-state index is 15.8. The average Bonchev–Trinajstić information content (AvgIpc) is 1.49. The molecule has 1 amide bonds. The lowest BCUT2D eigenvalue weighted by Crippen LogP contribution is -2.82. The summed E-state index contributed by atoms with van der Waals surface area (Å²) < 4.78 is 38.1. The Morgan fingerprint density at radius 3 is 2.12 bits per heavy atom. The Balaban J connectivity index is 1.12. The number of piperidine rings is 1. The number of aliphatic hydroxyl groups excluding tert-OH is 1. The molecule has 3 fully saturated rings. The highest BCUT2D eigenvalue weighted by Gasteiger charge is 2.83. The van der Waals surface area contributed by atoms with Crippen LogP contribution in [0.2, 0.25) is 0 Å². The number of methoxy groups -OCH3 is 3. The second kappa shape index (κ2) is 23.5. The molecule has 2 aromatic carbocycles. The number of esters is 3. The second-order valence-corrected chi connectivity index (χ2v) is 27.1. The van der Waals surface area contributed by atoms with E-state index in [1.54, 1.807) is 6.07 Å². The Labute approximate surface area is 507 Å². The predicted molar refractivity (Wildman–Crippen MR) is 327 cm³/mol. The van der Waals surface area contributed by atoms with E-state index in [2.05, 4.69) is 61.9 Å². The molecule has 86 heavy (non-hydrogen) atoms. The Morgan fingerprint density at radius 1 is 0.814 bits per heavy atom. The minimum atomic E-state index is -2.59. The van der Waals surface area contributed by atoms with Gasteiger partial charge in [-0.2, -0.15) is 0 Å². The van der Waals surface area contributed by atoms with Crippen molar-refractivity contribution >= 4 is 41.8 Å². The number of allylic oxidation sites excluding steroid dienone is 6. The maximum Gasteiger partial charge on any atom is 0.509 e. The molecule has 10 rings (SSSR count). The summed E-state index contributed by atoms with van der Waals surface area (Å²) in [5.41, 5.74) is -1.38. The molecule has 1 saturated carbocycles. The summed E-state index contributed by atoms with van der Waals surface area (Å²) in [6.07, 6.45) is 15.4. The van der Waals surface area contributed by atoms with E-state index in [0.717, 1.165) is 16.8 Å². The van der Waals surface area contributed by atoms with Crippen molar-refractivity contribution < 1.29 is 62.6 Å². The first-order valence-corrected chi connectivity index (χ1v) is 30.9. The largest absolute Gasteiger partial charge is 0.509 e. The Hall–Kier alpha value is -6.53. The lowest BCUT2D eigenvalue weighted by molar-refractivity contribution is -0.233. The fourth-order valence-electron chi connectivity index (χ4n) is 17.8. The molecule has 17 nitrogen and oxygen atoms in total. The van der Waals surface area contributed by atoms with E-state index in [4.69, 9.17) is 28.4 Å². The standard InChI is InChI=1S/C69H90N4O13/c1-13-65(80)36-46-37-68(60(77)82-11,56(26-20-29-71(40-46)41-65)70-47-22-16-15-17-23-47)53-34-52-54(35-55(53)81-10)73(42-74)58-67(52)28-31-72-30-21-27-66(14-2,57(67)72)59(84-45(5)75)69(58,61(78)83-12)86-62(79)85-49-33-44(4)51(64(8,9)39-49)25-19-18-24-50-43(3)32-48(76)38-63(50,6)7/h15-19,21-27,34-35,42,46,48-49,57-59,70,76,80H,13-14,20,28-33,36-41H2,1-12H3/b24-18+,25-19+,56-26-/t46-,48-,49-,57+,58-,59-,65+,66-,67-,68+,69+/m1/s1. The van der Waals surface area contributed by atoms with Crippen LogP contribution >= 0.6 is 0 Å². The number of fused-ring (bicyclic) bond motifs is 3. The number of nitrogens with zero attached hydrogens (tertiary/aromatic N) is 3. The van der Waals surface area contributed by atoms with Gasteiger partial charge in [0, 0.05) is 79.4 Å². The van der Waals surface area contributed by atoms with Crippen LogP contribution in [-0.4, -0.2) is 146 Å². The smallest absolute Gasteiger partial charge is 0.496 e. The third kappa shape index (κ3) is 10.3. The highest BCUT2D eigenvalue weighted by molar-refractivity contribution is 5.96. The minimum absolute atomic E-state index is 0.171. The molecule has 2 saturated heterocycles. The van der Waals surface area contributed by atoms with Crippen molar-refractivity contribution in [2.45, 2.75) is 179 Å². The summed E-state index contributed by atoms with van der Waals surface area (Å²) in [7, 11) is 4.07. The van der Waals surface area contributed by atoms with Crippen LogP contribution in [0.5, 0.6) is 5.75 Å². The number of benzene rings is 2. The molecule has 464 valence electrons. The van der Waals surface area contributed by atoms with E-state index in [-0.39, 0.29) is 36.0 Å². The van der Waals surface area contributed by atoms with Gasteiger partial charge in [0.05, 0.1) is 38.7 Å². The van der Waals surface area contributed by atoms with Gasteiger partial charge in [0.2, 0.25) is 6.41 Å². The molecule has 1 unspecified atom stereocenters. The summed E-state index contributed by atoms with van der Waals surface area (Å²) in [6.45, 7) is 20.4. The monoisotopic (exact) mass is 1180 g/mol. The van der Waals surface area contributed by atoms with Crippen LogP contribution in [0, 0.1) is 22.2 Å². The first-order valence-electron chi connectivity index (χ1n) is 30.9. The summed E-state index contributed by atoms with van der Waals surface area (Å²) >= 11 is 0. The van der Waals surface area contributed by atoms with Gasteiger partial charge in [-0.15, -0.1) is 0 Å². The predicted octanol–water partition coefficient (Wildman–Crippen LogP) is 10.1. The van der Waals surface area contributed by atoms with Crippen LogP contribution in [-0.2, 0) is 53.7 Å². The van der Waals surface area contributed by atoms with Gasteiger partial charge < -0.3 is 48.9 Å². The maximum atomic E-state index is 15.8. The van der Waals surface area contributed by atoms with Crippen LogP contribution < -0.4 is 15.0 Å². The molecule has 5 aliphatic heterocycles. The average molecular weight is 1180 g/mol. The lowest BCUT2D eigenvalue weighted by Gasteiger charge is -2.63. The van der Waals surface area contributed by atoms with Crippen LogP contribution in [0.25, 0.3) is 0 Å². The van der Waals surface area contributed by atoms with E-state index in [9.17, 15) is 19.8 Å². The van der Waals surface area contributed by atoms with Crippen molar-refractivity contribution in [2.24, 2.45) is 22.2 Å². The van der Waals surface area contributed by atoms with Crippen molar-refractivity contribution in [3.05, 3.63) is 124 Å². The summed E-state index contributed by atoms with van der Waals surface area (Å²) in [4.78, 5) is 81.3. The van der Waals surface area contributed by atoms with Gasteiger partial charge in [-0.3, -0.25) is 24.2 Å². The molecule has 5 heterocycles. The zero-order valence-corrected chi connectivity index (χ0v) is 52.5. The topological polar surface area (TPSA) is 203 Å². The number of carbonyl (C=O) groups excluding carboxylic acids is 5. The molecule has 8 aliphatic rings. The molecular formula is C69H90N4O13. The van der Waals surface area contributed by atoms with Crippen molar-refractivity contribution in [1.82, 2.24) is 9.80 Å². The number of hydrogen-bond acceptors (Lipinski definition) is 16. The Kier molecular flexibility index (Phi) is 17.1. The second-order valence-electron chi connectivity index (χ2n) is 27.1. The quantitative estimate of drug-likeness (QED) is 0.0499. The number of para-hydroxylation sites is 1. The zero-order chi connectivity index (χ0) is 61.9. The van der Waals surface area contributed by atoms with E-state index in [1.807, 2.05) is 87.5 Å². The molecule has 0 radical (unpaired) electrons. The van der Waals surface area contributed by atoms with Crippen molar-refractivity contribution in [2.75, 3.05) is 64.3 Å². The summed E-state index contributed by atoms with van der Waals surface area (Å²) in [5.74, 6) is -2.36. The first kappa shape index (κ1) is 62.5. The molecule has 2 bridgehead atoms. The van der Waals surface area contributed by atoms with Gasteiger partial charge in [-0.05, 0) is 130 Å². The van der Waals surface area contributed by atoms with Crippen LogP contribution in [0.4, 0.5) is 16.2 Å². The number of rotatable bonds is 15. The number of nitrogens with one attached hydrogen (secondary N) is 1. The van der Waals surface area contributed by atoms with Gasteiger partial charge in [-0.25, -0.2) is 9.59 Å². The molecule has 12 atom stereocenters. The fourth-order valence-corrected chi connectivity index (χ4v) is 17.8. The van der Waals surface area contributed by atoms with E-state index in [1.165, 1.54) is 44.3 Å². The van der Waals surface area contributed by atoms with Gasteiger partial charge in [0.1, 0.15) is 23.3 Å². The van der Waals surface area contributed by atoms with Crippen LogP contribution in [0.15, 0.2) is 113 Å². The lowest BCUT2D eigenvalue weighted by atomic mass is 9.47. The van der Waals surface area contributed by atoms with E-state index >= 15 is 14.4 Å². The molecule has 17 heteroatoms. The molecular weight excluding hydrogens is 1090 g/mol. The van der Waals surface area contributed by atoms with E-state index < -0.39 is 81.2 Å². The van der Waals surface area contributed by atoms with Gasteiger partial charge in [0.25, 0.3) is 5.60 Å². The van der Waals surface area contributed by atoms with Gasteiger partial charge >= 0.3 is 24.1 Å². The fraction of sp³-hybridized carbons (Fsp3) is 0.580. The molecule has 0 aromatic heterocycles. The summed E-state index contributed by atoms with van der Waals surface area (Å²) in [6, 6.07) is 11.3. The molecule has 3 aliphatic carbocycles. The third-order valence-corrected chi connectivity index (χ3v) is 20.9. The molecule has 3 N–H and O–H groups in total. The SMILES string of the molecule is CC[C@]1(O)C[C@H]2CN(CC/C=C(\Nc3ccccc3)[C@@](C(=O)OC)(c3cc4c(cc3OC)N(C=O)[C@H]3[C@@](OC(=O)O[C@@H]5CC(C)=C(/C=C/C=C/C6=C(C)C[C@@H](O)CC6(C)C)C(C)(C)C5)(C(=O)OC)[C@H](OC(C)=O)[C@]5(CC)C=CCN6CC[C@]43[C@@H]65)C2)C1. The highest BCUT2D eigenvalue weighted by atomic mass is 16.8. The molecule has 1 spiro atoms. The van der Waals surface area contributed by atoms with Gasteiger partial charge in [-0.1, -0.05) is 113 Å². The van der Waals surface area contributed by atoms with Crippen LogP contribution in [0.1, 0.15) is 138 Å². The third-order valence-electron chi connectivity index (χ3n) is 20.9. The van der Waals surface area contributed by atoms with E-state index in [0.29, 0.717) is 113 Å². The summed E-state index contributed by atoms with van der Waals surface area (Å²) in [5, 5.41) is 26.3. The highest BCUT2D eigenvalue weighted by Crippen LogP contribution is 2.69. The normalized spacial score (nSPS) is 35.0. The zero-order valence-electron chi connectivity index (χ0n) is 52.5. The van der Waals surface area contributed by atoms with Crippen LogP contribution in [0.3, 0.4) is 0 Å². The van der Waals surface area contributed by atoms with Crippen molar-refractivity contribution in [3.63, 3.8) is 0 Å². The first-order chi connectivity index (χ1) is 40.9. The van der Waals surface area contributed by atoms with Crippen molar-refractivity contribution in [3.8, 4) is 5.75 Å². The Bertz CT molecular complexity index is 3200. The number of hydrogen-bond donors (Lipinski definition) is 3. The minimum Gasteiger partial charge on any atom is -0.496 e.